The standard InChI is InChI=1S/C10H16ClN3/c1-4-14-8(6-11)12-13-9(14)7-5-10(7,2)3/h7H,4-6H2,1-3H3. The molecule has 0 aromatic carbocycles. The van der Waals surface area contributed by atoms with Crippen LogP contribution in [0.15, 0.2) is 0 Å². The Hall–Kier alpha value is -0.570. The Balaban J connectivity index is 2.31. The zero-order valence-electron chi connectivity index (χ0n) is 8.92. The smallest absolute Gasteiger partial charge is 0.147 e. The van der Waals surface area contributed by atoms with E-state index in [1.165, 1.54) is 6.42 Å². The van der Waals surface area contributed by atoms with Crippen LogP contribution in [0.5, 0.6) is 0 Å². The van der Waals surface area contributed by atoms with E-state index >= 15 is 0 Å². The molecule has 0 saturated heterocycles. The summed E-state index contributed by atoms with van der Waals surface area (Å²) >= 11 is 5.80. The molecule has 3 nitrogen and oxygen atoms in total. The summed E-state index contributed by atoms with van der Waals surface area (Å²) in [5, 5.41) is 8.36. The molecule has 1 aliphatic carbocycles. The van der Waals surface area contributed by atoms with Gasteiger partial charge in [0.15, 0.2) is 0 Å². The second-order valence-corrected chi connectivity index (χ2v) is 4.86. The predicted molar refractivity (Wildman–Crippen MR) is 56.4 cm³/mol. The molecule has 1 aliphatic rings. The van der Waals surface area contributed by atoms with E-state index in [4.69, 9.17) is 11.6 Å². The van der Waals surface area contributed by atoms with E-state index in [1.807, 2.05) is 0 Å². The summed E-state index contributed by atoms with van der Waals surface area (Å²) in [4.78, 5) is 0. The molecule has 1 saturated carbocycles. The first-order valence-electron chi connectivity index (χ1n) is 5.08. The fourth-order valence-corrected chi connectivity index (χ4v) is 2.16. The summed E-state index contributed by atoms with van der Waals surface area (Å²) in [6.45, 7) is 7.56. The van der Waals surface area contributed by atoms with E-state index < -0.39 is 0 Å². The number of hydrogen-bond acceptors (Lipinski definition) is 2. The van der Waals surface area contributed by atoms with E-state index in [9.17, 15) is 0 Å². The average Bonchev–Trinajstić information content (AvgIpc) is 2.64. The van der Waals surface area contributed by atoms with Crippen LogP contribution >= 0.6 is 11.6 Å². The minimum absolute atomic E-state index is 0.406. The first-order chi connectivity index (χ1) is 6.60. The van der Waals surface area contributed by atoms with Crippen molar-refractivity contribution >= 4 is 11.6 Å². The Morgan fingerprint density at radius 1 is 1.50 bits per heavy atom. The molecular weight excluding hydrogens is 198 g/mol. The van der Waals surface area contributed by atoms with Crippen LogP contribution in [0.25, 0.3) is 0 Å². The second kappa shape index (κ2) is 3.23. The van der Waals surface area contributed by atoms with Gasteiger partial charge in [0.05, 0.1) is 5.88 Å². The van der Waals surface area contributed by atoms with Crippen LogP contribution in [-0.4, -0.2) is 14.8 Å². The minimum Gasteiger partial charge on any atom is -0.314 e. The fourth-order valence-electron chi connectivity index (χ4n) is 1.96. The molecule has 2 rings (SSSR count). The molecule has 0 bridgehead atoms. The molecule has 0 N–H and O–H groups in total. The summed E-state index contributed by atoms with van der Waals surface area (Å²) in [7, 11) is 0. The summed E-state index contributed by atoms with van der Waals surface area (Å²) < 4.78 is 2.15. The molecule has 0 radical (unpaired) electrons. The Labute approximate surface area is 89.5 Å². The van der Waals surface area contributed by atoms with Gasteiger partial charge in [-0.3, -0.25) is 0 Å². The molecular formula is C10H16ClN3. The predicted octanol–water partition coefficient (Wildman–Crippen LogP) is 2.55. The lowest BCUT2D eigenvalue weighted by molar-refractivity contribution is 0.581. The van der Waals surface area contributed by atoms with Crippen molar-refractivity contribution in [3.63, 3.8) is 0 Å². The molecule has 1 aromatic rings. The maximum Gasteiger partial charge on any atom is 0.147 e. The maximum absolute atomic E-state index is 5.80. The Morgan fingerprint density at radius 2 is 2.14 bits per heavy atom. The van der Waals surface area contributed by atoms with Gasteiger partial charge >= 0.3 is 0 Å². The topological polar surface area (TPSA) is 30.7 Å². The first-order valence-corrected chi connectivity index (χ1v) is 5.61. The number of aromatic nitrogens is 3. The lowest BCUT2D eigenvalue weighted by Gasteiger charge is -2.06. The van der Waals surface area contributed by atoms with Crippen molar-refractivity contribution in [3.05, 3.63) is 11.6 Å². The molecule has 1 unspecified atom stereocenters. The van der Waals surface area contributed by atoms with Crippen LogP contribution < -0.4 is 0 Å². The lowest BCUT2D eigenvalue weighted by Crippen LogP contribution is -2.05. The van der Waals surface area contributed by atoms with Gasteiger partial charge in [-0.25, -0.2) is 0 Å². The van der Waals surface area contributed by atoms with Gasteiger partial charge in [0.1, 0.15) is 11.6 Å². The third-order valence-corrected chi connectivity index (χ3v) is 3.36. The van der Waals surface area contributed by atoms with E-state index in [-0.39, 0.29) is 0 Å². The molecule has 14 heavy (non-hydrogen) atoms. The second-order valence-electron chi connectivity index (χ2n) is 4.60. The van der Waals surface area contributed by atoms with Crippen molar-refractivity contribution in [1.29, 1.82) is 0 Å². The molecule has 1 aromatic heterocycles. The summed E-state index contributed by atoms with van der Waals surface area (Å²) in [6, 6.07) is 0. The van der Waals surface area contributed by atoms with Crippen LogP contribution in [0.4, 0.5) is 0 Å². The van der Waals surface area contributed by atoms with Gasteiger partial charge in [-0.2, -0.15) is 0 Å². The van der Waals surface area contributed by atoms with Gasteiger partial charge < -0.3 is 4.57 Å². The average molecular weight is 214 g/mol. The highest BCUT2D eigenvalue weighted by molar-refractivity contribution is 6.16. The van der Waals surface area contributed by atoms with Gasteiger partial charge in [-0.05, 0) is 18.8 Å². The van der Waals surface area contributed by atoms with Gasteiger partial charge in [-0.1, -0.05) is 13.8 Å². The zero-order chi connectivity index (χ0) is 10.3. The molecule has 0 spiro atoms. The Bertz CT molecular complexity index is 343. The number of halogens is 1. The van der Waals surface area contributed by atoms with Crippen LogP contribution in [0.1, 0.15) is 44.8 Å². The van der Waals surface area contributed by atoms with E-state index in [0.717, 1.165) is 18.2 Å². The highest BCUT2D eigenvalue weighted by atomic mass is 35.5. The number of rotatable bonds is 3. The van der Waals surface area contributed by atoms with Crippen molar-refractivity contribution in [1.82, 2.24) is 14.8 Å². The van der Waals surface area contributed by atoms with Crippen LogP contribution in [0.2, 0.25) is 0 Å². The molecule has 1 atom stereocenters. The summed E-state index contributed by atoms with van der Waals surface area (Å²) in [5.74, 6) is 3.04. The van der Waals surface area contributed by atoms with Crippen LogP contribution in [0.3, 0.4) is 0 Å². The summed E-state index contributed by atoms with van der Waals surface area (Å²) in [6.07, 6.45) is 1.22. The number of nitrogens with zero attached hydrogens (tertiary/aromatic N) is 3. The van der Waals surface area contributed by atoms with Crippen molar-refractivity contribution in [2.24, 2.45) is 5.41 Å². The quantitative estimate of drug-likeness (QED) is 0.723. The Morgan fingerprint density at radius 3 is 2.57 bits per heavy atom. The van der Waals surface area contributed by atoms with Crippen molar-refractivity contribution in [2.75, 3.05) is 0 Å². The zero-order valence-corrected chi connectivity index (χ0v) is 9.67. The number of hydrogen-bond donors (Lipinski definition) is 0. The molecule has 1 fully saturated rings. The molecule has 78 valence electrons. The van der Waals surface area contributed by atoms with Gasteiger partial charge in [-0.15, -0.1) is 21.8 Å². The van der Waals surface area contributed by atoms with Gasteiger partial charge in [0.25, 0.3) is 0 Å². The first kappa shape index (κ1) is 9.97. The van der Waals surface area contributed by atoms with Crippen LogP contribution in [0, 0.1) is 5.41 Å². The molecule has 0 aliphatic heterocycles. The van der Waals surface area contributed by atoms with Crippen LogP contribution in [-0.2, 0) is 12.4 Å². The number of alkyl halides is 1. The molecule has 4 heteroatoms. The highest BCUT2D eigenvalue weighted by Crippen LogP contribution is 2.58. The van der Waals surface area contributed by atoms with Gasteiger partial charge in [0, 0.05) is 12.5 Å². The normalized spacial score (nSPS) is 23.9. The SMILES string of the molecule is CCn1c(CCl)nnc1C1CC1(C)C. The lowest BCUT2D eigenvalue weighted by atomic mass is 10.1. The van der Waals surface area contributed by atoms with Crippen molar-refractivity contribution in [3.8, 4) is 0 Å². The Kier molecular flexibility index (Phi) is 2.30. The fraction of sp³-hybridized carbons (Fsp3) is 0.800. The highest BCUT2D eigenvalue weighted by Gasteiger charge is 2.49. The molecule has 0 amide bonds. The minimum atomic E-state index is 0.406. The van der Waals surface area contributed by atoms with E-state index in [2.05, 4.69) is 35.5 Å². The van der Waals surface area contributed by atoms with Gasteiger partial charge in [0.2, 0.25) is 0 Å². The third-order valence-electron chi connectivity index (χ3n) is 3.12. The largest absolute Gasteiger partial charge is 0.314 e. The third kappa shape index (κ3) is 1.44. The van der Waals surface area contributed by atoms with E-state index in [0.29, 0.717) is 17.2 Å². The monoisotopic (exact) mass is 213 g/mol. The van der Waals surface area contributed by atoms with E-state index in [1.54, 1.807) is 0 Å². The maximum atomic E-state index is 5.80. The summed E-state index contributed by atoms with van der Waals surface area (Å²) in [5.41, 5.74) is 0.406. The van der Waals surface area contributed by atoms with Crippen molar-refractivity contribution < 1.29 is 0 Å². The van der Waals surface area contributed by atoms with Crippen molar-refractivity contribution in [2.45, 2.75) is 45.5 Å². The molecule has 1 heterocycles.